The number of rotatable bonds is 6. The van der Waals surface area contributed by atoms with E-state index < -0.39 is 11.3 Å². The molecule has 156 valence electrons. The molecule has 1 saturated heterocycles. The van der Waals surface area contributed by atoms with Crippen molar-refractivity contribution in [2.45, 2.75) is 63.7 Å². The summed E-state index contributed by atoms with van der Waals surface area (Å²) >= 11 is 6.20. The number of Topliss-reactive ketones (excluding diaryl/α,β-unsaturated/α-hetero) is 1. The molecule has 0 saturated carbocycles. The van der Waals surface area contributed by atoms with Crippen LogP contribution in [0.4, 0.5) is 14.5 Å². The van der Waals surface area contributed by atoms with E-state index in [-0.39, 0.29) is 18.6 Å². The van der Waals surface area contributed by atoms with E-state index in [2.05, 4.69) is 0 Å². The van der Waals surface area contributed by atoms with Crippen LogP contribution in [0, 0.1) is 0 Å². The maximum absolute atomic E-state index is 15.2. The lowest BCUT2D eigenvalue weighted by atomic mass is 9.86. The second-order valence-corrected chi connectivity index (χ2v) is 9.06. The van der Waals surface area contributed by atoms with Crippen LogP contribution in [-0.2, 0) is 6.42 Å². The quantitative estimate of drug-likeness (QED) is 0.538. The number of ketones is 1. The van der Waals surface area contributed by atoms with Crippen LogP contribution in [-0.4, -0.2) is 48.3 Å². The molecule has 28 heavy (non-hydrogen) atoms. The molecule has 1 aromatic rings. The summed E-state index contributed by atoms with van der Waals surface area (Å²) in [6.45, 7) is 4.90. The Morgan fingerprint density at radius 3 is 2.71 bits per heavy atom. The van der Waals surface area contributed by atoms with Gasteiger partial charge in [0.2, 0.25) is 0 Å². The molecule has 0 atom stereocenters. The van der Waals surface area contributed by atoms with Gasteiger partial charge in [0.25, 0.3) is 0 Å². The maximum atomic E-state index is 15.2. The number of hydrogen-bond acceptors (Lipinski definition) is 4. The smallest absolute Gasteiger partial charge is 0.166 e. The van der Waals surface area contributed by atoms with Crippen molar-refractivity contribution in [1.82, 2.24) is 4.90 Å². The summed E-state index contributed by atoms with van der Waals surface area (Å²) in [4.78, 5) is 14.8. The standard InChI is InChI=1S/C21H29ClF2N2O2/c1-20(2,23)13-26-9-7-21(24,8-10-26)6-5-17(27)15-12-16(22)18(25)14-4-3-11-28-19(14)15/h12H,3-11,13,25H2,1-2H3. The molecular formula is C21H29ClF2N2O2. The fourth-order valence-corrected chi connectivity index (χ4v) is 4.33. The van der Waals surface area contributed by atoms with Gasteiger partial charge in [-0.2, -0.15) is 0 Å². The number of halogens is 3. The highest BCUT2D eigenvalue weighted by atomic mass is 35.5. The van der Waals surface area contributed by atoms with Gasteiger partial charge in [-0.1, -0.05) is 11.6 Å². The Morgan fingerprint density at radius 1 is 1.39 bits per heavy atom. The third-order valence-corrected chi connectivity index (χ3v) is 5.95. The number of ether oxygens (including phenoxy) is 1. The average Bonchev–Trinajstić information content (AvgIpc) is 2.64. The number of benzene rings is 1. The SMILES string of the molecule is CC(C)(F)CN1CCC(F)(CCC(=O)c2cc(Cl)c(N)c3c2OCCC3)CC1. The van der Waals surface area contributed by atoms with Gasteiger partial charge in [0.05, 0.1) is 22.9 Å². The minimum absolute atomic E-state index is 0.0845. The van der Waals surface area contributed by atoms with Crippen molar-refractivity contribution in [3.63, 3.8) is 0 Å². The Hall–Kier alpha value is -1.40. The number of likely N-dealkylation sites (tertiary alicyclic amines) is 1. The molecular weight excluding hydrogens is 386 g/mol. The van der Waals surface area contributed by atoms with Crippen LogP contribution in [0.15, 0.2) is 6.07 Å². The largest absolute Gasteiger partial charge is 0.492 e. The van der Waals surface area contributed by atoms with Gasteiger partial charge in [-0.3, -0.25) is 9.69 Å². The van der Waals surface area contributed by atoms with Gasteiger partial charge in [0.15, 0.2) is 5.78 Å². The normalized spacial score (nSPS) is 19.8. The molecule has 2 heterocycles. The first-order valence-corrected chi connectivity index (χ1v) is 10.3. The molecule has 0 spiro atoms. The number of carbonyl (C=O) groups excluding carboxylic acids is 1. The number of piperidine rings is 1. The summed E-state index contributed by atoms with van der Waals surface area (Å²) in [5, 5.41) is 0.338. The zero-order chi connectivity index (χ0) is 20.5. The minimum atomic E-state index is -1.40. The third-order valence-electron chi connectivity index (χ3n) is 5.64. The van der Waals surface area contributed by atoms with Crippen LogP contribution in [0.25, 0.3) is 0 Å². The first-order valence-electron chi connectivity index (χ1n) is 9.95. The Bertz CT molecular complexity index is 741. The number of anilines is 1. The van der Waals surface area contributed by atoms with E-state index in [4.69, 9.17) is 22.1 Å². The van der Waals surface area contributed by atoms with E-state index in [0.717, 1.165) is 18.4 Å². The first kappa shape index (κ1) is 21.3. The molecule has 2 aliphatic rings. The number of hydrogen-bond donors (Lipinski definition) is 1. The molecule has 4 nitrogen and oxygen atoms in total. The van der Waals surface area contributed by atoms with Crippen LogP contribution < -0.4 is 10.5 Å². The van der Waals surface area contributed by atoms with E-state index in [1.165, 1.54) is 13.8 Å². The zero-order valence-corrected chi connectivity index (χ0v) is 17.4. The number of fused-ring (bicyclic) bond motifs is 1. The lowest BCUT2D eigenvalue weighted by Crippen LogP contribution is -2.46. The van der Waals surface area contributed by atoms with E-state index >= 15 is 4.39 Å². The van der Waals surface area contributed by atoms with Crippen molar-refractivity contribution in [3.05, 3.63) is 22.2 Å². The number of alkyl halides is 2. The molecule has 1 fully saturated rings. The number of nitrogen functional groups attached to an aromatic ring is 1. The van der Waals surface area contributed by atoms with Crippen molar-refractivity contribution >= 4 is 23.1 Å². The van der Waals surface area contributed by atoms with Gasteiger partial charge in [0, 0.05) is 31.6 Å². The van der Waals surface area contributed by atoms with Crippen LogP contribution in [0.3, 0.4) is 0 Å². The molecule has 2 aliphatic heterocycles. The van der Waals surface area contributed by atoms with Crippen molar-refractivity contribution < 1.29 is 18.3 Å². The molecule has 0 radical (unpaired) electrons. The fraction of sp³-hybridized carbons (Fsp3) is 0.667. The lowest BCUT2D eigenvalue weighted by Gasteiger charge is -2.38. The Kier molecular flexibility index (Phi) is 6.20. The predicted molar refractivity (Wildman–Crippen MR) is 108 cm³/mol. The van der Waals surface area contributed by atoms with Gasteiger partial charge in [-0.15, -0.1) is 0 Å². The third kappa shape index (κ3) is 4.95. The maximum Gasteiger partial charge on any atom is 0.166 e. The highest BCUT2D eigenvalue weighted by Crippen LogP contribution is 2.39. The van der Waals surface area contributed by atoms with Crippen molar-refractivity contribution in [3.8, 4) is 5.75 Å². The van der Waals surface area contributed by atoms with Crippen LogP contribution >= 0.6 is 11.6 Å². The average molecular weight is 415 g/mol. The van der Waals surface area contributed by atoms with Crippen LogP contribution in [0.1, 0.15) is 61.9 Å². The van der Waals surface area contributed by atoms with Crippen molar-refractivity contribution in [1.29, 1.82) is 0 Å². The lowest BCUT2D eigenvalue weighted by molar-refractivity contribution is 0.0263. The van der Waals surface area contributed by atoms with Crippen molar-refractivity contribution in [2.24, 2.45) is 0 Å². The second-order valence-electron chi connectivity index (χ2n) is 8.65. The van der Waals surface area contributed by atoms with Gasteiger partial charge >= 0.3 is 0 Å². The summed E-state index contributed by atoms with van der Waals surface area (Å²) in [5.74, 6) is 0.329. The highest BCUT2D eigenvalue weighted by Gasteiger charge is 2.36. The van der Waals surface area contributed by atoms with Gasteiger partial charge < -0.3 is 10.5 Å². The Balaban J connectivity index is 1.63. The Morgan fingerprint density at radius 2 is 2.07 bits per heavy atom. The Labute approximate surface area is 170 Å². The molecule has 3 rings (SSSR count). The molecule has 7 heteroatoms. The number of nitrogens with two attached hydrogens (primary N) is 1. The summed E-state index contributed by atoms with van der Waals surface area (Å²) in [6.07, 6.45) is 2.40. The van der Waals surface area contributed by atoms with E-state index in [9.17, 15) is 9.18 Å². The molecule has 0 bridgehead atoms. The van der Waals surface area contributed by atoms with Gasteiger partial charge in [-0.25, -0.2) is 8.78 Å². The summed E-state index contributed by atoms with van der Waals surface area (Å²) < 4.78 is 34.7. The van der Waals surface area contributed by atoms with Gasteiger partial charge in [-0.05, 0) is 52.0 Å². The second kappa shape index (κ2) is 8.15. The monoisotopic (exact) mass is 414 g/mol. The van der Waals surface area contributed by atoms with Crippen LogP contribution in [0.5, 0.6) is 5.75 Å². The first-order chi connectivity index (χ1) is 13.1. The van der Waals surface area contributed by atoms with Crippen LogP contribution in [0.2, 0.25) is 5.02 Å². The van der Waals surface area contributed by atoms with Gasteiger partial charge in [0.1, 0.15) is 17.1 Å². The molecule has 0 unspecified atom stereocenters. The summed E-state index contributed by atoms with van der Waals surface area (Å²) in [5.41, 5.74) is 4.97. The fourth-order valence-electron chi connectivity index (χ4n) is 4.11. The molecule has 0 aliphatic carbocycles. The molecule has 1 aromatic carbocycles. The topological polar surface area (TPSA) is 55.6 Å². The van der Waals surface area contributed by atoms with E-state index in [1.54, 1.807) is 6.07 Å². The molecule has 2 N–H and O–H groups in total. The summed E-state index contributed by atoms with van der Waals surface area (Å²) in [7, 11) is 0. The minimum Gasteiger partial charge on any atom is -0.492 e. The number of carbonyl (C=O) groups is 1. The molecule has 0 aromatic heterocycles. The highest BCUT2D eigenvalue weighted by molar-refractivity contribution is 6.33. The van der Waals surface area contributed by atoms with E-state index in [1.807, 2.05) is 4.90 Å². The zero-order valence-electron chi connectivity index (χ0n) is 16.6. The van der Waals surface area contributed by atoms with Crippen molar-refractivity contribution in [2.75, 3.05) is 32.0 Å². The number of nitrogens with zero attached hydrogens (tertiary/aromatic N) is 1. The van der Waals surface area contributed by atoms with E-state index in [0.29, 0.717) is 61.1 Å². The predicted octanol–water partition coefficient (Wildman–Crippen LogP) is 4.76. The summed E-state index contributed by atoms with van der Waals surface area (Å²) in [6, 6.07) is 1.54. The molecule has 0 amide bonds.